The summed E-state index contributed by atoms with van der Waals surface area (Å²) >= 11 is 12.1. The molecular weight excluding hydrogens is 313 g/mol. The van der Waals surface area contributed by atoms with Crippen molar-refractivity contribution in [3.8, 4) is 0 Å². The first-order valence-corrected chi connectivity index (χ1v) is 7.68. The molecule has 1 fully saturated rings. The number of hydrogen-bond donors (Lipinski definition) is 2. The zero-order valence-electron chi connectivity index (χ0n) is 11.4. The lowest BCUT2D eigenvalue weighted by molar-refractivity contribution is -0.143. The summed E-state index contributed by atoms with van der Waals surface area (Å²) in [5, 5.41) is 12.9. The Morgan fingerprint density at radius 2 is 1.90 bits per heavy atom. The van der Waals surface area contributed by atoms with Crippen LogP contribution in [0.2, 0.25) is 10.0 Å². The molecular formula is C15H17Cl2NO3. The molecule has 1 aliphatic carbocycles. The SMILES string of the molecule is O=C(Cc1c(Cl)cccc1Cl)NC1CCCC(C(=O)O)C1. The molecule has 6 heteroatoms. The molecule has 1 amide bonds. The van der Waals surface area contributed by atoms with Gasteiger partial charge in [0, 0.05) is 16.1 Å². The number of carbonyl (C=O) groups excluding carboxylic acids is 1. The molecule has 2 N–H and O–H groups in total. The number of nitrogens with one attached hydrogen (secondary N) is 1. The maximum absolute atomic E-state index is 12.1. The summed E-state index contributed by atoms with van der Waals surface area (Å²) < 4.78 is 0. The van der Waals surface area contributed by atoms with E-state index in [0.29, 0.717) is 28.5 Å². The average Bonchev–Trinajstić information content (AvgIpc) is 2.43. The van der Waals surface area contributed by atoms with Crippen LogP contribution in [-0.4, -0.2) is 23.0 Å². The van der Waals surface area contributed by atoms with Crippen molar-refractivity contribution in [1.82, 2.24) is 5.32 Å². The van der Waals surface area contributed by atoms with Crippen LogP contribution < -0.4 is 5.32 Å². The lowest BCUT2D eigenvalue weighted by Crippen LogP contribution is -2.40. The summed E-state index contributed by atoms with van der Waals surface area (Å²) in [5.74, 6) is -1.34. The van der Waals surface area contributed by atoms with E-state index in [1.807, 2.05) is 0 Å². The second kappa shape index (κ2) is 7.14. The van der Waals surface area contributed by atoms with Gasteiger partial charge in [-0.2, -0.15) is 0 Å². The van der Waals surface area contributed by atoms with Gasteiger partial charge in [-0.15, -0.1) is 0 Å². The fourth-order valence-electron chi connectivity index (χ4n) is 2.69. The maximum atomic E-state index is 12.1. The first-order valence-electron chi connectivity index (χ1n) is 6.92. The van der Waals surface area contributed by atoms with Crippen molar-refractivity contribution < 1.29 is 14.7 Å². The highest BCUT2D eigenvalue weighted by Crippen LogP contribution is 2.26. The third kappa shape index (κ3) is 4.35. The number of benzene rings is 1. The van der Waals surface area contributed by atoms with E-state index in [1.54, 1.807) is 18.2 Å². The number of carbonyl (C=O) groups is 2. The van der Waals surface area contributed by atoms with Crippen molar-refractivity contribution in [2.75, 3.05) is 0 Å². The zero-order chi connectivity index (χ0) is 15.4. The topological polar surface area (TPSA) is 66.4 Å². The van der Waals surface area contributed by atoms with Crippen molar-refractivity contribution in [3.05, 3.63) is 33.8 Å². The van der Waals surface area contributed by atoms with Crippen molar-refractivity contribution in [1.29, 1.82) is 0 Å². The maximum Gasteiger partial charge on any atom is 0.306 e. The van der Waals surface area contributed by atoms with E-state index in [9.17, 15) is 9.59 Å². The molecule has 2 atom stereocenters. The summed E-state index contributed by atoms with van der Waals surface area (Å²) in [6.07, 6.45) is 2.89. The highest BCUT2D eigenvalue weighted by atomic mass is 35.5. The van der Waals surface area contributed by atoms with E-state index < -0.39 is 5.97 Å². The summed E-state index contributed by atoms with van der Waals surface area (Å²) in [5.41, 5.74) is 0.601. The van der Waals surface area contributed by atoms with Gasteiger partial charge in [0.15, 0.2) is 0 Å². The van der Waals surface area contributed by atoms with Gasteiger partial charge >= 0.3 is 5.97 Å². The molecule has 2 unspecified atom stereocenters. The summed E-state index contributed by atoms with van der Waals surface area (Å²) in [6.45, 7) is 0. The number of carboxylic acid groups (broad SMARTS) is 1. The third-order valence-corrected chi connectivity index (χ3v) is 4.50. The van der Waals surface area contributed by atoms with Crippen molar-refractivity contribution in [2.45, 2.75) is 38.1 Å². The van der Waals surface area contributed by atoms with E-state index in [1.165, 1.54) is 0 Å². The molecule has 1 aromatic rings. The Balaban J connectivity index is 1.94. The quantitative estimate of drug-likeness (QED) is 0.890. The van der Waals surface area contributed by atoms with Crippen LogP contribution in [0.1, 0.15) is 31.2 Å². The van der Waals surface area contributed by atoms with Crippen LogP contribution in [-0.2, 0) is 16.0 Å². The number of amides is 1. The molecule has 0 spiro atoms. The van der Waals surface area contributed by atoms with Gasteiger partial charge in [-0.3, -0.25) is 9.59 Å². The van der Waals surface area contributed by atoms with Crippen LogP contribution in [0, 0.1) is 5.92 Å². The van der Waals surface area contributed by atoms with Gasteiger partial charge in [-0.05, 0) is 37.0 Å². The standard InChI is InChI=1S/C15H17Cl2NO3/c16-12-5-2-6-13(17)11(12)8-14(19)18-10-4-1-3-9(7-10)15(20)21/h2,5-6,9-10H,1,3-4,7-8H2,(H,18,19)(H,20,21). The van der Waals surface area contributed by atoms with Crippen molar-refractivity contribution >= 4 is 35.1 Å². The first-order chi connectivity index (χ1) is 9.97. The number of hydrogen-bond acceptors (Lipinski definition) is 2. The Hall–Kier alpha value is -1.26. The summed E-state index contributed by atoms with van der Waals surface area (Å²) in [6, 6.07) is 5.02. The molecule has 0 saturated heterocycles. The second-order valence-corrected chi connectivity index (χ2v) is 6.16. The molecule has 21 heavy (non-hydrogen) atoms. The molecule has 1 saturated carbocycles. The van der Waals surface area contributed by atoms with Gasteiger partial charge in [0.2, 0.25) is 5.91 Å². The minimum Gasteiger partial charge on any atom is -0.481 e. The fraction of sp³-hybridized carbons (Fsp3) is 0.467. The van der Waals surface area contributed by atoms with Crippen LogP contribution in [0.5, 0.6) is 0 Å². The van der Waals surface area contributed by atoms with Crippen molar-refractivity contribution in [2.24, 2.45) is 5.92 Å². The normalized spacial score (nSPS) is 21.8. The summed E-state index contributed by atoms with van der Waals surface area (Å²) in [7, 11) is 0. The highest BCUT2D eigenvalue weighted by Gasteiger charge is 2.27. The number of rotatable bonds is 4. The van der Waals surface area contributed by atoms with Crippen molar-refractivity contribution in [3.63, 3.8) is 0 Å². The van der Waals surface area contributed by atoms with Crippen LogP contribution in [0.3, 0.4) is 0 Å². The third-order valence-electron chi connectivity index (χ3n) is 3.79. The zero-order valence-corrected chi connectivity index (χ0v) is 13.0. The molecule has 0 bridgehead atoms. The van der Waals surface area contributed by atoms with Gasteiger partial charge in [-0.25, -0.2) is 0 Å². The van der Waals surface area contributed by atoms with Gasteiger partial charge in [0.25, 0.3) is 0 Å². The second-order valence-electron chi connectivity index (χ2n) is 5.34. The molecule has 114 valence electrons. The molecule has 0 aliphatic heterocycles. The Morgan fingerprint density at radius 3 is 2.52 bits per heavy atom. The largest absolute Gasteiger partial charge is 0.481 e. The predicted molar refractivity (Wildman–Crippen MR) is 81.7 cm³/mol. The Labute approximate surface area is 133 Å². The Morgan fingerprint density at radius 1 is 1.24 bits per heavy atom. The summed E-state index contributed by atoms with van der Waals surface area (Å²) in [4.78, 5) is 23.1. The lowest BCUT2D eigenvalue weighted by atomic mass is 9.85. The van der Waals surface area contributed by atoms with Crippen LogP contribution >= 0.6 is 23.2 Å². The fourth-order valence-corrected chi connectivity index (χ4v) is 3.22. The Kier molecular flexibility index (Phi) is 5.48. The molecule has 0 radical (unpaired) electrons. The smallest absolute Gasteiger partial charge is 0.306 e. The van der Waals surface area contributed by atoms with Gasteiger partial charge < -0.3 is 10.4 Å². The van der Waals surface area contributed by atoms with E-state index in [-0.39, 0.29) is 24.3 Å². The van der Waals surface area contributed by atoms with Gasteiger partial charge in [-0.1, -0.05) is 35.7 Å². The molecule has 0 aromatic heterocycles. The van der Waals surface area contributed by atoms with Gasteiger partial charge in [0.05, 0.1) is 12.3 Å². The number of aliphatic carboxylic acids is 1. The van der Waals surface area contributed by atoms with E-state index >= 15 is 0 Å². The number of halogens is 2. The highest BCUT2D eigenvalue weighted by molar-refractivity contribution is 6.36. The minimum absolute atomic E-state index is 0.0892. The number of carboxylic acids is 1. The lowest BCUT2D eigenvalue weighted by Gasteiger charge is -2.27. The minimum atomic E-state index is -0.789. The Bertz CT molecular complexity index is 527. The van der Waals surface area contributed by atoms with Crippen LogP contribution in [0.25, 0.3) is 0 Å². The van der Waals surface area contributed by atoms with E-state index in [2.05, 4.69) is 5.32 Å². The van der Waals surface area contributed by atoms with Gasteiger partial charge in [0.1, 0.15) is 0 Å². The molecule has 1 aromatic carbocycles. The molecule has 4 nitrogen and oxygen atoms in total. The molecule has 2 rings (SSSR count). The average molecular weight is 330 g/mol. The molecule has 1 aliphatic rings. The first kappa shape index (κ1) is 16.1. The van der Waals surface area contributed by atoms with E-state index in [4.69, 9.17) is 28.3 Å². The van der Waals surface area contributed by atoms with Crippen LogP contribution in [0.15, 0.2) is 18.2 Å². The molecule has 0 heterocycles. The monoisotopic (exact) mass is 329 g/mol. The van der Waals surface area contributed by atoms with Crippen LogP contribution in [0.4, 0.5) is 0 Å². The van der Waals surface area contributed by atoms with E-state index in [0.717, 1.165) is 12.8 Å². The predicted octanol–water partition coefficient (Wildman–Crippen LogP) is 3.30.